The van der Waals surface area contributed by atoms with Gasteiger partial charge >= 0.3 is 12.1 Å². The fourth-order valence-electron chi connectivity index (χ4n) is 2.45. The van der Waals surface area contributed by atoms with Gasteiger partial charge in [0.2, 0.25) is 0 Å². The molecule has 1 aliphatic heterocycles. The summed E-state index contributed by atoms with van der Waals surface area (Å²) in [7, 11) is 0. The van der Waals surface area contributed by atoms with E-state index in [4.69, 9.17) is 9.47 Å². The van der Waals surface area contributed by atoms with Crippen LogP contribution >= 0.6 is 0 Å². The second-order valence-corrected chi connectivity index (χ2v) is 5.27. The zero-order chi connectivity index (χ0) is 16.2. The molecule has 2 aromatic carbocycles. The number of hydrogen-bond acceptors (Lipinski definition) is 4. The first kappa shape index (κ1) is 15.1. The van der Waals surface area contributed by atoms with Crippen molar-refractivity contribution in [3.63, 3.8) is 0 Å². The van der Waals surface area contributed by atoms with Crippen molar-refractivity contribution in [1.82, 2.24) is 0 Å². The number of esters is 1. The topological polar surface area (TPSA) is 55.8 Å². The van der Waals surface area contributed by atoms with E-state index in [1.54, 1.807) is 24.3 Å². The Hall–Kier alpha value is -2.82. The van der Waals surface area contributed by atoms with Gasteiger partial charge in [0.15, 0.2) is 0 Å². The summed E-state index contributed by atoms with van der Waals surface area (Å²) in [5, 5.41) is 0. The van der Waals surface area contributed by atoms with Gasteiger partial charge in [-0.25, -0.2) is 9.59 Å². The van der Waals surface area contributed by atoms with Gasteiger partial charge in [0.05, 0.1) is 12.1 Å². The fourth-order valence-corrected chi connectivity index (χ4v) is 2.45. The van der Waals surface area contributed by atoms with E-state index in [0.717, 1.165) is 5.56 Å². The Bertz CT molecular complexity index is 714. The van der Waals surface area contributed by atoms with Crippen LogP contribution in [0.4, 0.5) is 10.5 Å². The van der Waals surface area contributed by atoms with Crippen LogP contribution in [0.25, 0.3) is 0 Å². The van der Waals surface area contributed by atoms with Crippen LogP contribution in [0.1, 0.15) is 28.9 Å². The summed E-state index contributed by atoms with van der Waals surface area (Å²) >= 11 is 0. The number of benzene rings is 2. The first-order valence-electron chi connectivity index (χ1n) is 7.45. The number of amides is 1. The minimum atomic E-state index is -0.421. The van der Waals surface area contributed by atoms with Gasteiger partial charge in [-0.1, -0.05) is 36.4 Å². The lowest BCUT2D eigenvalue weighted by atomic mass is 10.1. The van der Waals surface area contributed by atoms with Crippen LogP contribution in [0.5, 0.6) is 0 Å². The lowest BCUT2D eigenvalue weighted by Gasteiger charge is -2.16. The molecule has 1 heterocycles. The smallest absolute Gasteiger partial charge is 0.414 e. The molecule has 1 aliphatic rings. The molecule has 0 bridgehead atoms. The van der Waals surface area contributed by atoms with Crippen LogP contribution in [0.15, 0.2) is 54.6 Å². The number of cyclic esters (lactones) is 1. The minimum Gasteiger partial charge on any atom is -0.454 e. The largest absolute Gasteiger partial charge is 0.454 e. The Morgan fingerprint density at radius 1 is 1.17 bits per heavy atom. The molecule has 23 heavy (non-hydrogen) atoms. The predicted molar refractivity (Wildman–Crippen MR) is 85.4 cm³/mol. The van der Waals surface area contributed by atoms with Gasteiger partial charge in [0.1, 0.15) is 12.7 Å². The number of hydrogen-bond donors (Lipinski definition) is 0. The zero-order valence-electron chi connectivity index (χ0n) is 12.8. The van der Waals surface area contributed by atoms with Crippen LogP contribution in [0.2, 0.25) is 0 Å². The molecule has 1 atom stereocenters. The summed E-state index contributed by atoms with van der Waals surface area (Å²) in [5.74, 6) is -0.421. The summed E-state index contributed by atoms with van der Waals surface area (Å²) < 4.78 is 10.4. The molecule has 1 amide bonds. The summed E-state index contributed by atoms with van der Waals surface area (Å²) in [4.78, 5) is 25.4. The average molecular weight is 311 g/mol. The minimum absolute atomic E-state index is 0.343. The van der Waals surface area contributed by atoms with E-state index < -0.39 is 12.1 Å². The van der Waals surface area contributed by atoms with Crippen molar-refractivity contribution in [1.29, 1.82) is 0 Å². The molecule has 5 nitrogen and oxygen atoms in total. The molecule has 2 aromatic rings. The molecule has 5 heteroatoms. The Labute approximate surface area is 134 Å². The van der Waals surface area contributed by atoms with Gasteiger partial charge in [0.25, 0.3) is 0 Å². The average Bonchev–Trinajstić information content (AvgIpc) is 3.02. The van der Waals surface area contributed by atoms with Gasteiger partial charge in [-0.15, -0.1) is 0 Å². The van der Waals surface area contributed by atoms with Crippen molar-refractivity contribution in [3.8, 4) is 0 Å². The molecule has 0 spiro atoms. The summed E-state index contributed by atoms with van der Waals surface area (Å²) in [6, 6.07) is 16.4. The van der Waals surface area contributed by atoms with E-state index in [0.29, 0.717) is 24.4 Å². The van der Waals surface area contributed by atoms with Crippen molar-refractivity contribution in [2.24, 2.45) is 0 Å². The van der Waals surface area contributed by atoms with Gasteiger partial charge in [-0.2, -0.15) is 0 Å². The predicted octanol–water partition coefficient (Wildman–Crippen LogP) is 3.56. The van der Waals surface area contributed by atoms with E-state index in [1.165, 1.54) is 4.90 Å². The monoisotopic (exact) mass is 311 g/mol. The number of carbonyl (C=O) groups excluding carboxylic acids is 2. The zero-order valence-corrected chi connectivity index (χ0v) is 12.8. The summed E-state index contributed by atoms with van der Waals surface area (Å²) in [6.45, 7) is 2.67. The van der Waals surface area contributed by atoms with E-state index in [1.807, 2.05) is 37.3 Å². The van der Waals surface area contributed by atoms with E-state index >= 15 is 0 Å². The Morgan fingerprint density at radius 3 is 2.65 bits per heavy atom. The maximum atomic E-state index is 12.3. The standard InChI is InChI=1S/C18H17NO4/c1-13(14-6-3-2-4-7-14)23-17(20)15-8-5-9-16(12-15)19-10-11-22-18(19)21/h2-9,12-13H,10-11H2,1H3. The Morgan fingerprint density at radius 2 is 1.96 bits per heavy atom. The second kappa shape index (κ2) is 6.52. The van der Waals surface area contributed by atoms with E-state index in [2.05, 4.69) is 0 Å². The molecule has 0 radical (unpaired) electrons. The van der Waals surface area contributed by atoms with Crippen LogP contribution in [0.3, 0.4) is 0 Å². The molecule has 0 aromatic heterocycles. The maximum Gasteiger partial charge on any atom is 0.414 e. The van der Waals surface area contributed by atoms with Crippen molar-refractivity contribution >= 4 is 17.7 Å². The van der Waals surface area contributed by atoms with Crippen LogP contribution in [-0.2, 0) is 9.47 Å². The van der Waals surface area contributed by atoms with Gasteiger partial charge in [-0.3, -0.25) is 4.90 Å². The normalized spacial score (nSPS) is 15.2. The Kier molecular flexibility index (Phi) is 4.28. The number of rotatable bonds is 4. The number of ether oxygens (including phenoxy) is 2. The number of anilines is 1. The maximum absolute atomic E-state index is 12.3. The molecule has 1 unspecified atom stereocenters. The highest BCUT2D eigenvalue weighted by Crippen LogP contribution is 2.22. The highest BCUT2D eigenvalue weighted by atomic mass is 16.6. The van der Waals surface area contributed by atoms with Gasteiger partial charge in [0, 0.05) is 5.69 Å². The van der Waals surface area contributed by atoms with Crippen molar-refractivity contribution < 1.29 is 19.1 Å². The molecule has 0 N–H and O–H groups in total. The van der Waals surface area contributed by atoms with Crippen molar-refractivity contribution in [2.75, 3.05) is 18.1 Å². The fraction of sp³-hybridized carbons (Fsp3) is 0.222. The van der Waals surface area contributed by atoms with Crippen LogP contribution in [0, 0.1) is 0 Å². The molecule has 0 saturated carbocycles. The second-order valence-electron chi connectivity index (χ2n) is 5.27. The van der Waals surface area contributed by atoms with Crippen LogP contribution in [-0.4, -0.2) is 25.2 Å². The molecule has 1 saturated heterocycles. The molecule has 118 valence electrons. The molecule has 0 aliphatic carbocycles. The molecular formula is C18H17NO4. The SMILES string of the molecule is CC(OC(=O)c1cccc(N2CCOC2=O)c1)c1ccccc1. The van der Waals surface area contributed by atoms with E-state index in [-0.39, 0.29) is 6.10 Å². The first-order chi connectivity index (χ1) is 11.1. The van der Waals surface area contributed by atoms with Crippen molar-refractivity contribution in [3.05, 3.63) is 65.7 Å². The van der Waals surface area contributed by atoms with E-state index in [9.17, 15) is 9.59 Å². The van der Waals surface area contributed by atoms with Gasteiger partial charge < -0.3 is 9.47 Å². The third-order valence-corrected chi connectivity index (χ3v) is 3.71. The summed E-state index contributed by atoms with van der Waals surface area (Å²) in [5.41, 5.74) is 1.97. The molecular weight excluding hydrogens is 294 g/mol. The Balaban J connectivity index is 1.74. The highest BCUT2D eigenvalue weighted by Gasteiger charge is 2.24. The highest BCUT2D eigenvalue weighted by molar-refractivity contribution is 5.94. The quantitative estimate of drug-likeness (QED) is 0.810. The number of carbonyl (C=O) groups is 2. The lowest BCUT2D eigenvalue weighted by molar-refractivity contribution is 0.0338. The summed E-state index contributed by atoms with van der Waals surface area (Å²) in [6.07, 6.45) is -0.739. The third-order valence-electron chi connectivity index (χ3n) is 3.71. The first-order valence-corrected chi connectivity index (χ1v) is 7.45. The van der Waals surface area contributed by atoms with Crippen molar-refractivity contribution in [2.45, 2.75) is 13.0 Å². The van der Waals surface area contributed by atoms with Crippen LogP contribution < -0.4 is 4.90 Å². The molecule has 3 rings (SSSR count). The lowest BCUT2D eigenvalue weighted by Crippen LogP contribution is -2.23. The molecule has 1 fully saturated rings. The third kappa shape index (κ3) is 3.34. The number of nitrogens with zero attached hydrogens (tertiary/aromatic N) is 1. The van der Waals surface area contributed by atoms with Gasteiger partial charge in [-0.05, 0) is 30.7 Å².